The van der Waals surface area contributed by atoms with Gasteiger partial charge in [-0.15, -0.1) is 12.4 Å². The number of amides is 2. The van der Waals surface area contributed by atoms with Gasteiger partial charge in [-0.2, -0.15) is 0 Å². The number of carbonyl (C=O) groups is 2. The molecular weight excluding hydrogens is 290 g/mol. The number of nitrogens with one attached hydrogen (secondary N) is 2. The van der Waals surface area contributed by atoms with Crippen LogP contribution in [-0.4, -0.2) is 49.9 Å². The van der Waals surface area contributed by atoms with E-state index in [4.69, 9.17) is 0 Å². The molecule has 0 bridgehead atoms. The minimum absolute atomic E-state index is 0. The Morgan fingerprint density at radius 3 is 2.48 bits per heavy atom. The molecule has 1 aliphatic rings. The first kappa shape index (κ1) is 20.2. The van der Waals surface area contributed by atoms with Crippen LogP contribution >= 0.6 is 12.4 Å². The molecular formula is C15H30ClN3O2. The van der Waals surface area contributed by atoms with Crippen LogP contribution in [0.2, 0.25) is 0 Å². The molecule has 1 atom stereocenters. The van der Waals surface area contributed by atoms with Crippen LogP contribution in [0.25, 0.3) is 0 Å². The molecule has 1 aliphatic heterocycles. The van der Waals surface area contributed by atoms with Crippen LogP contribution in [0, 0.1) is 11.8 Å². The van der Waals surface area contributed by atoms with E-state index in [0.717, 1.165) is 32.4 Å². The van der Waals surface area contributed by atoms with Gasteiger partial charge in [0.15, 0.2) is 0 Å². The summed E-state index contributed by atoms with van der Waals surface area (Å²) in [5.74, 6) is 1.04. The van der Waals surface area contributed by atoms with Gasteiger partial charge in [-0.25, -0.2) is 0 Å². The van der Waals surface area contributed by atoms with Gasteiger partial charge < -0.3 is 15.5 Å². The summed E-state index contributed by atoms with van der Waals surface area (Å²) >= 11 is 0. The third kappa shape index (κ3) is 7.14. The molecule has 1 fully saturated rings. The van der Waals surface area contributed by atoms with E-state index in [1.165, 1.54) is 0 Å². The standard InChI is InChI=1S/C15H29N3O2.ClH/c1-4-9-18(11-14(19)16-3)15(20)10-12(2)13-5-7-17-8-6-13;/h12-13,17H,4-11H2,1-3H3,(H,16,19);1H. The van der Waals surface area contributed by atoms with Crippen LogP contribution in [0.15, 0.2) is 0 Å². The Hall–Kier alpha value is -0.810. The summed E-state index contributed by atoms with van der Waals surface area (Å²) < 4.78 is 0. The van der Waals surface area contributed by atoms with Crippen LogP contribution in [-0.2, 0) is 9.59 Å². The predicted octanol–water partition coefficient (Wildman–Crippen LogP) is 1.42. The molecule has 0 aromatic rings. The van der Waals surface area contributed by atoms with E-state index >= 15 is 0 Å². The highest BCUT2D eigenvalue weighted by atomic mass is 35.5. The van der Waals surface area contributed by atoms with Gasteiger partial charge in [-0.1, -0.05) is 13.8 Å². The summed E-state index contributed by atoms with van der Waals surface area (Å²) in [5, 5.41) is 5.94. The third-order valence-electron chi connectivity index (χ3n) is 4.14. The average Bonchev–Trinajstić information content (AvgIpc) is 2.47. The van der Waals surface area contributed by atoms with Gasteiger partial charge in [-0.05, 0) is 44.2 Å². The molecule has 21 heavy (non-hydrogen) atoms. The zero-order chi connectivity index (χ0) is 15.0. The molecule has 2 N–H and O–H groups in total. The Kier molecular flexibility index (Phi) is 10.4. The largest absolute Gasteiger partial charge is 0.358 e. The number of hydrogen-bond acceptors (Lipinski definition) is 3. The molecule has 0 aromatic heterocycles. The van der Waals surface area contributed by atoms with Crippen LogP contribution in [0.5, 0.6) is 0 Å². The first-order chi connectivity index (χ1) is 9.58. The van der Waals surface area contributed by atoms with Crippen LogP contribution in [0.4, 0.5) is 0 Å². The average molecular weight is 320 g/mol. The lowest BCUT2D eigenvalue weighted by Crippen LogP contribution is -2.41. The summed E-state index contributed by atoms with van der Waals surface area (Å²) in [4.78, 5) is 25.5. The van der Waals surface area contributed by atoms with Crippen molar-refractivity contribution in [3.05, 3.63) is 0 Å². The second kappa shape index (κ2) is 10.9. The fraction of sp³-hybridized carbons (Fsp3) is 0.867. The zero-order valence-electron chi connectivity index (χ0n) is 13.5. The molecule has 1 heterocycles. The maximum Gasteiger partial charge on any atom is 0.239 e. The number of nitrogens with zero attached hydrogens (tertiary/aromatic N) is 1. The maximum absolute atomic E-state index is 12.4. The van der Waals surface area contributed by atoms with Gasteiger partial charge in [0.05, 0.1) is 6.54 Å². The van der Waals surface area contributed by atoms with Gasteiger partial charge in [0.25, 0.3) is 0 Å². The monoisotopic (exact) mass is 319 g/mol. The number of carbonyl (C=O) groups excluding carboxylic acids is 2. The molecule has 6 heteroatoms. The Balaban J connectivity index is 0.00000400. The van der Waals surface area contributed by atoms with Gasteiger partial charge >= 0.3 is 0 Å². The van der Waals surface area contributed by atoms with E-state index < -0.39 is 0 Å². The van der Waals surface area contributed by atoms with Crippen molar-refractivity contribution >= 4 is 24.2 Å². The van der Waals surface area contributed by atoms with Gasteiger partial charge in [0, 0.05) is 20.0 Å². The second-order valence-electron chi connectivity index (χ2n) is 5.76. The lowest BCUT2D eigenvalue weighted by atomic mass is 9.84. The van der Waals surface area contributed by atoms with Crippen molar-refractivity contribution in [3.8, 4) is 0 Å². The van der Waals surface area contributed by atoms with Crippen LogP contribution < -0.4 is 10.6 Å². The first-order valence-electron chi connectivity index (χ1n) is 7.77. The zero-order valence-corrected chi connectivity index (χ0v) is 14.3. The van der Waals surface area contributed by atoms with Crippen molar-refractivity contribution in [1.29, 1.82) is 0 Å². The lowest BCUT2D eigenvalue weighted by Gasteiger charge is -2.30. The Labute approximate surface area is 134 Å². The number of rotatable bonds is 7. The predicted molar refractivity (Wildman–Crippen MR) is 87.6 cm³/mol. The van der Waals surface area contributed by atoms with Crippen molar-refractivity contribution < 1.29 is 9.59 Å². The van der Waals surface area contributed by atoms with Crippen molar-refractivity contribution in [2.24, 2.45) is 11.8 Å². The highest BCUT2D eigenvalue weighted by Gasteiger charge is 2.24. The molecule has 0 aromatic carbocycles. The maximum atomic E-state index is 12.4. The summed E-state index contributed by atoms with van der Waals surface area (Å²) in [6, 6.07) is 0. The minimum Gasteiger partial charge on any atom is -0.358 e. The van der Waals surface area contributed by atoms with Crippen molar-refractivity contribution in [3.63, 3.8) is 0 Å². The minimum atomic E-state index is -0.0960. The quantitative estimate of drug-likeness (QED) is 0.746. The Morgan fingerprint density at radius 2 is 1.95 bits per heavy atom. The van der Waals surface area contributed by atoms with E-state index in [0.29, 0.717) is 24.8 Å². The molecule has 124 valence electrons. The van der Waals surface area contributed by atoms with E-state index in [1.807, 2.05) is 6.92 Å². The van der Waals surface area contributed by atoms with Gasteiger partial charge in [0.1, 0.15) is 0 Å². The molecule has 1 unspecified atom stereocenters. The SMILES string of the molecule is CCCN(CC(=O)NC)C(=O)CC(C)C1CCNCC1.Cl. The molecule has 0 radical (unpaired) electrons. The highest BCUT2D eigenvalue weighted by molar-refractivity contribution is 5.85. The molecule has 2 amide bonds. The van der Waals surface area contributed by atoms with E-state index in [2.05, 4.69) is 17.6 Å². The van der Waals surface area contributed by atoms with E-state index in [1.54, 1.807) is 11.9 Å². The summed E-state index contributed by atoms with van der Waals surface area (Å²) in [6.45, 7) is 7.14. The highest BCUT2D eigenvalue weighted by Crippen LogP contribution is 2.24. The van der Waals surface area contributed by atoms with E-state index in [-0.39, 0.29) is 30.8 Å². The number of halogens is 1. The van der Waals surface area contributed by atoms with Crippen molar-refractivity contribution in [2.45, 2.75) is 39.5 Å². The van der Waals surface area contributed by atoms with Crippen LogP contribution in [0.1, 0.15) is 39.5 Å². The lowest BCUT2D eigenvalue weighted by molar-refractivity contribution is -0.137. The summed E-state index contributed by atoms with van der Waals surface area (Å²) in [7, 11) is 1.61. The topological polar surface area (TPSA) is 61.4 Å². The number of hydrogen-bond donors (Lipinski definition) is 2. The van der Waals surface area contributed by atoms with Crippen molar-refractivity contribution in [1.82, 2.24) is 15.5 Å². The van der Waals surface area contributed by atoms with Gasteiger partial charge in [0.2, 0.25) is 11.8 Å². The Morgan fingerprint density at radius 1 is 1.33 bits per heavy atom. The van der Waals surface area contributed by atoms with Crippen LogP contribution in [0.3, 0.4) is 0 Å². The molecule has 0 spiro atoms. The molecule has 0 aliphatic carbocycles. The van der Waals surface area contributed by atoms with E-state index in [9.17, 15) is 9.59 Å². The number of piperidine rings is 1. The third-order valence-corrected chi connectivity index (χ3v) is 4.14. The fourth-order valence-corrected chi connectivity index (χ4v) is 2.80. The fourth-order valence-electron chi connectivity index (χ4n) is 2.80. The summed E-state index contributed by atoms with van der Waals surface area (Å²) in [5.41, 5.74) is 0. The normalized spacial score (nSPS) is 16.7. The molecule has 5 nitrogen and oxygen atoms in total. The second-order valence-corrected chi connectivity index (χ2v) is 5.76. The summed E-state index contributed by atoms with van der Waals surface area (Å²) in [6.07, 6.45) is 3.74. The van der Waals surface area contributed by atoms with Crippen molar-refractivity contribution in [2.75, 3.05) is 33.2 Å². The smallest absolute Gasteiger partial charge is 0.239 e. The first-order valence-corrected chi connectivity index (χ1v) is 7.77. The molecule has 0 saturated carbocycles. The molecule has 1 rings (SSSR count). The Bertz CT molecular complexity index is 320. The van der Waals surface area contributed by atoms with Gasteiger partial charge in [-0.3, -0.25) is 9.59 Å². The number of likely N-dealkylation sites (N-methyl/N-ethyl adjacent to an activating group) is 1. The molecule has 1 saturated heterocycles.